The molecule has 0 saturated carbocycles. The van der Waals surface area contributed by atoms with Crippen LogP contribution in [0.15, 0.2) is 52.3 Å². The molecule has 0 heterocycles. The zero-order valence-electron chi connectivity index (χ0n) is 13.4. The minimum absolute atomic E-state index is 0.0427. The minimum Gasteiger partial charge on any atom is -0.258 e. The van der Waals surface area contributed by atoms with Crippen molar-refractivity contribution in [3.63, 3.8) is 0 Å². The molecule has 0 aliphatic carbocycles. The fourth-order valence-corrected chi connectivity index (χ4v) is 4.42. The number of hydrogen-bond donors (Lipinski definition) is 1. The lowest BCUT2D eigenvalue weighted by atomic mass is 10.1. The van der Waals surface area contributed by atoms with E-state index in [1.807, 2.05) is 30.3 Å². The smallest absolute Gasteiger partial charge is 0.258 e. The van der Waals surface area contributed by atoms with Crippen LogP contribution < -0.4 is 4.72 Å². The molecule has 0 unspecified atom stereocenters. The van der Waals surface area contributed by atoms with Crippen molar-refractivity contribution < 1.29 is 13.3 Å². The molecule has 8 heteroatoms. The monoisotopic (exact) mass is 366 g/mol. The number of thioether (sulfide) groups is 1. The van der Waals surface area contributed by atoms with E-state index >= 15 is 0 Å². The topological polar surface area (TPSA) is 89.3 Å². The Morgan fingerprint density at radius 3 is 2.46 bits per heavy atom. The van der Waals surface area contributed by atoms with Crippen LogP contribution in [-0.2, 0) is 10.0 Å². The number of sulfonamides is 1. The zero-order valence-corrected chi connectivity index (χ0v) is 15.0. The van der Waals surface area contributed by atoms with Crippen LogP contribution in [0.1, 0.15) is 11.1 Å². The predicted molar refractivity (Wildman–Crippen MR) is 94.9 cm³/mol. The summed E-state index contributed by atoms with van der Waals surface area (Å²) in [7, 11) is -3.79. The van der Waals surface area contributed by atoms with Crippen LogP contribution >= 0.6 is 11.8 Å². The van der Waals surface area contributed by atoms with Crippen LogP contribution in [0.4, 0.5) is 5.69 Å². The predicted octanol–water partition coefficient (Wildman–Crippen LogP) is 3.28. The summed E-state index contributed by atoms with van der Waals surface area (Å²) in [5.41, 5.74) is 0.865. The highest BCUT2D eigenvalue weighted by Crippen LogP contribution is 2.25. The first-order valence-electron chi connectivity index (χ1n) is 7.24. The van der Waals surface area contributed by atoms with E-state index in [1.165, 1.54) is 17.8 Å². The standard InChI is InChI=1S/C16H18N2O4S2/c1-12-10-14(18(19)20)11-16(13(12)2)24(21,22)17-8-9-23-15-6-4-3-5-7-15/h3-7,10-11,17H,8-9H2,1-2H3. The first-order valence-corrected chi connectivity index (χ1v) is 9.71. The molecule has 0 atom stereocenters. The molecule has 6 nitrogen and oxygen atoms in total. The summed E-state index contributed by atoms with van der Waals surface area (Å²) in [6, 6.07) is 12.1. The Balaban J connectivity index is 2.08. The van der Waals surface area contributed by atoms with E-state index in [-0.39, 0.29) is 17.1 Å². The Hall–Kier alpha value is -1.90. The summed E-state index contributed by atoms with van der Waals surface area (Å²) < 4.78 is 27.4. The summed E-state index contributed by atoms with van der Waals surface area (Å²) in [5, 5.41) is 10.9. The van der Waals surface area contributed by atoms with Gasteiger partial charge in [-0.15, -0.1) is 11.8 Å². The van der Waals surface area contributed by atoms with Crippen LogP contribution in [0.2, 0.25) is 0 Å². The maximum Gasteiger partial charge on any atom is 0.271 e. The molecule has 0 fully saturated rings. The first-order chi connectivity index (χ1) is 11.3. The minimum atomic E-state index is -3.79. The molecule has 0 aromatic heterocycles. The van der Waals surface area contributed by atoms with Gasteiger partial charge in [-0.3, -0.25) is 10.1 Å². The van der Waals surface area contributed by atoms with Gasteiger partial charge in [-0.2, -0.15) is 0 Å². The van der Waals surface area contributed by atoms with Gasteiger partial charge in [-0.1, -0.05) is 18.2 Å². The third-order valence-corrected chi connectivity index (χ3v) is 6.11. The van der Waals surface area contributed by atoms with Gasteiger partial charge in [0.05, 0.1) is 9.82 Å². The summed E-state index contributed by atoms with van der Waals surface area (Å²) in [4.78, 5) is 11.4. The molecule has 24 heavy (non-hydrogen) atoms. The fraction of sp³-hybridized carbons (Fsp3) is 0.250. The number of nitro benzene ring substituents is 1. The quantitative estimate of drug-likeness (QED) is 0.351. The van der Waals surface area contributed by atoms with Crippen LogP contribution in [0, 0.1) is 24.0 Å². The van der Waals surface area contributed by atoms with Gasteiger partial charge in [0.2, 0.25) is 10.0 Å². The molecule has 128 valence electrons. The molecule has 0 bridgehead atoms. The molecule has 2 aromatic rings. The van der Waals surface area contributed by atoms with Gasteiger partial charge >= 0.3 is 0 Å². The van der Waals surface area contributed by atoms with Crippen molar-refractivity contribution >= 4 is 27.5 Å². The Labute approximate surface area is 145 Å². The van der Waals surface area contributed by atoms with Crippen LogP contribution in [0.3, 0.4) is 0 Å². The molecule has 0 radical (unpaired) electrons. The van der Waals surface area contributed by atoms with Crippen LogP contribution in [-0.4, -0.2) is 25.6 Å². The van der Waals surface area contributed by atoms with Gasteiger partial charge in [-0.05, 0) is 37.1 Å². The SMILES string of the molecule is Cc1cc([N+](=O)[O-])cc(S(=O)(=O)NCCSc2ccccc2)c1C. The maximum atomic E-state index is 12.4. The van der Waals surface area contributed by atoms with Gasteiger partial charge < -0.3 is 0 Å². The number of benzene rings is 2. The number of hydrogen-bond acceptors (Lipinski definition) is 5. The van der Waals surface area contributed by atoms with E-state index < -0.39 is 14.9 Å². The second-order valence-corrected chi connectivity index (χ2v) is 8.11. The van der Waals surface area contributed by atoms with E-state index in [2.05, 4.69) is 4.72 Å². The lowest BCUT2D eigenvalue weighted by molar-refractivity contribution is -0.385. The van der Waals surface area contributed by atoms with Crippen LogP contribution in [0.5, 0.6) is 0 Å². The molecule has 0 aliphatic rings. The van der Waals surface area contributed by atoms with Crippen molar-refractivity contribution in [2.75, 3.05) is 12.3 Å². The van der Waals surface area contributed by atoms with Gasteiger partial charge in [-0.25, -0.2) is 13.1 Å². The van der Waals surface area contributed by atoms with Gasteiger partial charge in [0.1, 0.15) is 0 Å². The van der Waals surface area contributed by atoms with Crippen molar-refractivity contribution in [2.24, 2.45) is 0 Å². The van der Waals surface area contributed by atoms with Crippen molar-refractivity contribution in [3.8, 4) is 0 Å². The third-order valence-electron chi connectivity index (χ3n) is 3.51. The molecule has 1 N–H and O–H groups in total. The molecule has 0 saturated heterocycles. The second-order valence-electron chi connectivity index (χ2n) is 5.20. The number of aryl methyl sites for hydroxylation is 1. The maximum absolute atomic E-state index is 12.4. The molecule has 0 amide bonds. The molecule has 0 spiro atoms. The van der Waals surface area contributed by atoms with Gasteiger partial charge in [0, 0.05) is 29.3 Å². The lowest BCUT2D eigenvalue weighted by Crippen LogP contribution is -2.27. The van der Waals surface area contributed by atoms with E-state index in [0.717, 1.165) is 11.0 Å². The Morgan fingerprint density at radius 2 is 1.83 bits per heavy atom. The van der Waals surface area contributed by atoms with Crippen molar-refractivity contribution in [1.29, 1.82) is 0 Å². The van der Waals surface area contributed by atoms with Crippen molar-refractivity contribution in [3.05, 3.63) is 63.7 Å². The van der Waals surface area contributed by atoms with Crippen molar-refractivity contribution in [2.45, 2.75) is 23.6 Å². The highest BCUT2D eigenvalue weighted by Gasteiger charge is 2.21. The lowest BCUT2D eigenvalue weighted by Gasteiger charge is -2.11. The Bertz CT molecular complexity index is 837. The second kappa shape index (κ2) is 7.78. The van der Waals surface area contributed by atoms with Gasteiger partial charge in [0.15, 0.2) is 0 Å². The molecule has 2 aromatic carbocycles. The Morgan fingerprint density at radius 1 is 1.17 bits per heavy atom. The summed E-state index contributed by atoms with van der Waals surface area (Å²) in [6.45, 7) is 3.54. The molecular weight excluding hydrogens is 348 g/mol. The van der Waals surface area contributed by atoms with Crippen LogP contribution in [0.25, 0.3) is 0 Å². The highest BCUT2D eigenvalue weighted by molar-refractivity contribution is 7.99. The van der Waals surface area contributed by atoms with E-state index in [1.54, 1.807) is 13.8 Å². The molecular formula is C16H18N2O4S2. The highest BCUT2D eigenvalue weighted by atomic mass is 32.2. The number of non-ortho nitro benzene ring substituents is 1. The summed E-state index contributed by atoms with van der Waals surface area (Å²) in [5.74, 6) is 0.566. The molecule has 2 rings (SSSR count). The average Bonchev–Trinajstić information content (AvgIpc) is 2.54. The normalized spacial score (nSPS) is 11.4. The number of nitro groups is 1. The Kier molecular flexibility index (Phi) is 5.98. The molecule has 0 aliphatic heterocycles. The third kappa shape index (κ3) is 4.56. The van der Waals surface area contributed by atoms with E-state index in [0.29, 0.717) is 16.9 Å². The van der Waals surface area contributed by atoms with Crippen molar-refractivity contribution in [1.82, 2.24) is 4.72 Å². The van der Waals surface area contributed by atoms with Gasteiger partial charge in [0.25, 0.3) is 5.69 Å². The number of rotatable bonds is 7. The summed E-state index contributed by atoms with van der Waals surface area (Å²) in [6.07, 6.45) is 0. The fourth-order valence-electron chi connectivity index (χ4n) is 2.13. The average molecular weight is 366 g/mol. The number of nitrogens with one attached hydrogen (secondary N) is 1. The van der Waals surface area contributed by atoms with E-state index in [4.69, 9.17) is 0 Å². The van der Waals surface area contributed by atoms with E-state index in [9.17, 15) is 18.5 Å². The summed E-state index contributed by atoms with van der Waals surface area (Å²) >= 11 is 1.54. The first kappa shape index (κ1) is 18.4. The number of nitrogens with zero attached hydrogens (tertiary/aromatic N) is 1. The largest absolute Gasteiger partial charge is 0.271 e. The zero-order chi connectivity index (χ0) is 17.7.